The zero-order valence-corrected chi connectivity index (χ0v) is 19.1. The van der Waals surface area contributed by atoms with E-state index in [4.69, 9.17) is 4.74 Å². The van der Waals surface area contributed by atoms with Crippen LogP contribution in [-0.2, 0) is 12.7 Å². The van der Waals surface area contributed by atoms with Crippen LogP contribution < -0.4 is 14.5 Å². The molecule has 5 nitrogen and oxygen atoms in total. The number of pyridine rings is 1. The average Bonchev–Trinajstić information content (AvgIpc) is 2.84. The van der Waals surface area contributed by atoms with Crippen LogP contribution in [0.3, 0.4) is 0 Å². The van der Waals surface area contributed by atoms with Crippen molar-refractivity contribution in [3.63, 3.8) is 0 Å². The number of halogens is 6. The number of anilines is 2. The molecule has 4 rings (SSSR count). The van der Waals surface area contributed by atoms with E-state index in [1.54, 1.807) is 42.5 Å². The van der Waals surface area contributed by atoms with Crippen molar-refractivity contribution in [3.8, 4) is 5.88 Å². The molecule has 2 aromatic carbocycles. The van der Waals surface area contributed by atoms with Gasteiger partial charge in [0, 0.05) is 12.6 Å². The van der Waals surface area contributed by atoms with Gasteiger partial charge in [-0.15, -0.1) is 0 Å². The second kappa shape index (κ2) is 9.88. The number of aliphatic hydroxyl groups excluding tert-OH is 1. The summed E-state index contributed by atoms with van der Waals surface area (Å²) in [6.07, 6.45) is -12.2. The fourth-order valence-corrected chi connectivity index (χ4v) is 4.28. The summed E-state index contributed by atoms with van der Waals surface area (Å²) in [6, 6.07) is 15.4. The third-order valence-electron chi connectivity index (χ3n) is 5.99. The van der Waals surface area contributed by atoms with Crippen molar-refractivity contribution < 1.29 is 36.2 Å². The quantitative estimate of drug-likeness (QED) is 0.437. The number of benzene rings is 2. The summed E-state index contributed by atoms with van der Waals surface area (Å²) in [5, 5.41) is 9.89. The third-order valence-corrected chi connectivity index (χ3v) is 5.99. The van der Waals surface area contributed by atoms with E-state index in [1.807, 2.05) is 4.90 Å². The van der Waals surface area contributed by atoms with E-state index in [9.17, 15) is 31.4 Å². The Hall–Kier alpha value is -3.47. The first-order valence-corrected chi connectivity index (χ1v) is 11.0. The number of ether oxygens (including phenoxy) is 1. The van der Waals surface area contributed by atoms with E-state index >= 15 is 0 Å². The summed E-state index contributed by atoms with van der Waals surface area (Å²) >= 11 is 0. The number of β-amino-alcohol motifs (C(OH)–C–C–N with tert-alkyl or cyclic N) is 1. The lowest BCUT2D eigenvalue weighted by Gasteiger charge is -2.45. The van der Waals surface area contributed by atoms with Gasteiger partial charge in [0.1, 0.15) is 0 Å². The predicted octanol–water partition coefficient (Wildman–Crippen LogP) is 5.60. The van der Waals surface area contributed by atoms with Crippen LogP contribution in [0.15, 0.2) is 66.7 Å². The molecule has 1 aliphatic rings. The number of methoxy groups -OCH3 is 1. The Labute approximate surface area is 203 Å². The van der Waals surface area contributed by atoms with E-state index in [1.165, 1.54) is 24.1 Å². The van der Waals surface area contributed by atoms with Crippen LogP contribution in [0.2, 0.25) is 0 Å². The normalized spacial score (nSPS) is 17.1. The summed E-state index contributed by atoms with van der Waals surface area (Å²) in [5.41, 5.74) is 0.807. The van der Waals surface area contributed by atoms with Crippen LogP contribution in [0.1, 0.15) is 22.9 Å². The number of rotatable bonds is 6. The largest absolute Gasteiger partial charge is 0.481 e. The molecule has 0 amide bonds. The molecule has 192 valence electrons. The van der Waals surface area contributed by atoms with Gasteiger partial charge >= 0.3 is 12.4 Å². The summed E-state index contributed by atoms with van der Waals surface area (Å²) in [7, 11) is 1.47. The molecule has 0 fully saturated rings. The van der Waals surface area contributed by atoms with Crippen LogP contribution in [0.5, 0.6) is 5.88 Å². The third kappa shape index (κ3) is 5.51. The first-order chi connectivity index (χ1) is 17.0. The van der Waals surface area contributed by atoms with Gasteiger partial charge in [0.15, 0.2) is 6.10 Å². The van der Waals surface area contributed by atoms with E-state index in [-0.39, 0.29) is 18.7 Å². The molecule has 1 N–H and O–H groups in total. The smallest absolute Gasteiger partial charge is 0.416 e. The van der Waals surface area contributed by atoms with Gasteiger partial charge in [-0.25, -0.2) is 4.98 Å². The maximum atomic E-state index is 13.4. The number of fused-ring (bicyclic) bond motifs is 1. The number of aliphatic hydroxyl groups is 1. The van der Waals surface area contributed by atoms with Crippen molar-refractivity contribution >= 4 is 11.4 Å². The Morgan fingerprint density at radius 3 is 2.33 bits per heavy atom. The van der Waals surface area contributed by atoms with Crippen LogP contribution in [0.25, 0.3) is 0 Å². The number of para-hydroxylation sites is 2. The SMILES string of the molecule is COc1cccc(CN2C[C@@H](c3cccc(C(F)(F)F)c3)N(C[C@@H](O)C(F)(F)F)c3ccccc32)n1. The molecule has 0 unspecified atom stereocenters. The number of alkyl halides is 6. The maximum absolute atomic E-state index is 13.4. The summed E-state index contributed by atoms with van der Waals surface area (Å²) < 4.78 is 85.4. The molecule has 36 heavy (non-hydrogen) atoms. The van der Waals surface area contributed by atoms with Crippen LogP contribution in [0.4, 0.5) is 37.7 Å². The minimum Gasteiger partial charge on any atom is -0.481 e. The van der Waals surface area contributed by atoms with Gasteiger partial charge in [-0.05, 0) is 35.9 Å². The van der Waals surface area contributed by atoms with Gasteiger partial charge in [-0.2, -0.15) is 26.3 Å². The molecule has 0 spiro atoms. The molecular formula is C25H23F6N3O2. The van der Waals surface area contributed by atoms with Gasteiger partial charge < -0.3 is 19.6 Å². The number of nitrogens with zero attached hydrogens (tertiary/aromatic N) is 3. The lowest BCUT2D eigenvalue weighted by Crippen LogP contribution is -2.49. The highest BCUT2D eigenvalue weighted by Crippen LogP contribution is 2.43. The highest BCUT2D eigenvalue weighted by atomic mass is 19.4. The molecule has 2 heterocycles. The minimum absolute atomic E-state index is 0.0573. The second-order valence-corrected chi connectivity index (χ2v) is 8.39. The van der Waals surface area contributed by atoms with Crippen molar-refractivity contribution in [1.82, 2.24) is 4.98 Å². The Morgan fingerprint density at radius 1 is 0.972 bits per heavy atom. The lowest BCUT2D eigenvalue weighted by atomic mass is 9.97. The van der Waals surface area contributed by atoms with Crippen molar-refractivity contribution in [2.75, 3.05) is 30.0 Å². The molecule has 3 aromatic rings. The summed E-state index contributed by atoms with van der Waals surface area (Å²) in [6.45, 7) is -0.548. The molecule has 0 saturated heterocycles. The number of hydrogen-bond donors (Lipinski definition) is 1. The zero-order chi connectivity index (χ0) is 26.1. The van der Waals surface area contributed by atoms with Crippen molar-refractivity contribution in [2.45, 2.75) is 31.0 Å². The van der Waals surface area contributed by atoms with Crippen LogP contribution in [0, 0.1) is 0 Å². The monoisotopic (exact) mass is 511 g/mol. The highest BCUT2D eigenvalue weighted by Gasteiger charge is 2.43. The van der Waals surface area contributed by atoms with E-state index in [2.05, 4.69) is 4.98 Å². The first-order valence-electron chi connectivity index (χ1n) is 11.0. The summed E-state index contributed by atoms with van der Waals surface area (Å²) in [4.78, 5) is 7.55. The van der Waals surface area contributed by atoms with Gasteiger partial charge in [0.05, 0.1) is 48.9 Å². The summed E-state index contributed by atoms with van der Waals surface area (Å²) in [5.74, 6) is 0.377. The molecule has 0 radical (unpaired) electrons. The maximum Gasteiger partial charge on any atom is 0.416 e. The first kappa shape index (κ1) is 25.6. The number of hydrogen-bond acceptors (Lipinski definition) is 5. The average molecular weight is 511 g/mol. The van der Waals surface area contributed by atoms with E-state index < -0.39 is 36.6 Å². The molecule has 1 aromatic heterocycles. The predicted molar refractivity (Wildman–Crippen MR) is 122 cm³/mol. The topological polar surface area (TPSA) is 48.8 Å². The van der Waals surface area contributed by atoms with Crippen LogP contribution in [-0.4, -0.2) is 42.6 Å². The second-order valence-electron chi connectivity index (χ2n) is 8.39. The fourth-order valence-electron chi connectivity index (χ4n) is 4.28. The Kier molecular flexibility index (Phi) is 7.03. The molecule has 1 aliphatic heterocycles. The Bertz CT molecular complexity index is 1200. The van der Waals surface area contributed by atoms with Gasteiger partial charge in [-0.1, -0.05) is 30.3 Å². The van der Waals surface area contributed by atoms with Crippen molar-refractivity contribution in [2.24, 2.45) is 0 Å². The molecule has 11 heteroatoms. The van der Waals surface area contributed by atoms with Gasteiger partial charge in [0.25, 0.3) is 0 Å². The van der Waals surface area contributed by atoms with Gasteiger partial charge in [0.2, 0.25) is 5.88 Å². The number of aromatic nitrogens is 1. The zero-order valence-electron chi connectivity index (χ0n) is 19.1. The van der Waals surface area contributed by atoms with E-state index in [0.717, 1.165) is 12.1 Å². The van der Waals surface area contributed by atoms with Crippen molar-refractivity contribution in [1.29, 1.82) is 0 Å². The highest BCUT2D eigenvalue weighted by molar-refractivity contribution is 5.74. The van der Waals surface area contributed by atoms with E-state index in [0.29, 0.717) is 22.9 Å². The molecule has 0 saturated carbocycles. The minimum atomic E-state index is -4.89. The Morgan fingerprint density at radius 2 is 1.67 bits per heavy atom. The van der Waals surface area contributed by atoms with Crippen molar-refractivity contribution in [3.05, 3.63) is 83.6 Å². The molecule has 0 bridgehead atoms. The molecule has 0 aliphatic carbocycles. The molecule has 2 atom stereocenters. The lowest BCUT2D eigenvalue weighted by molar-refractivity contribution is -0.200. The van der Waals surface area contributed by atoms with Gasteiger partial charge in [-0.3, -0.25) is 0 Å². The fraction of sp³-hybridized carbons (Fsp3) is 0.320. The van der Waals surface area contributed by atoms with Crippen LogP contribution >= 0.6 is 0 Å². The standard InChI is InChI=1S/C25H23F6N3O2/c1-36-23-11-5-8-18(32-23)13-33-14-21(16-6-4-7-17(12-16)24(26,27)28)34(15-22(35)25(29,30)31)20-10-3-2-9-19(20)33/h2-12,21-22,35H,13-15H2,1H3/t21-,22+/m0/s1. The molecular weight excluding hydrogens is 488 g/mol. The Balaban J connectivity index is 1.79.